The second-order valence-corrected chi connectivity index (χ2v) is 14.4. The summed E-state index contributed by atoms with van der Waals surface area (Å²) in [5, 5.41) is 37.3. The largest absolute Gasteiger partial charge is 0.455 e. The van der Waals surface area contributed by atoms with Gasteiger partial charge >= 0.3 is 11.9 Å². The van der Waals surface area contributed by atoms with Gasteiger partial charge in [0.2, 0.25) is 0 Å². The lowest BCUT2D eigenvalue weighted by Gasteiger charge is -2.70. The minimum atomic E-state index is -1.83. The van der Waals surface area contributed by atoms with Crippen molar-refractivity contribution >= 4 is 11.9 Å². The highest BCUT2D eigenvalue weighted by Crippen LogP contribution is 2.80. The Morgan fingerprint density at radius 2 is 1.72 bits per heavy atom. The Balaban J connectivity index is 1.53. The monoisotopic (exact) mass is 645 g/mol. The molecule has 3 N–H and O–H groups in total. The fraction of sp³-hybridized carbons (Fsp3) is 0.765. The Kier molecular flexibility index (Phi) is 7.69. The molecule has 46 heavy (non-hydrogen) atoms. The van der Waals surface area contributed by atoms with E-state index in [0.717, 1.165) is 0 Å². The molecule has 7 rings (SSSR count). The second-order valence-electron chi connectivity index (χ2n) is 14.4. The van der Waals surface area contributed by atoms with Crippen molar-refractivity contribution < 1.29 is 53.3 Å². The van der Waals surface area contributed by atoms with E-state index in [1.165, 1.54) is 14.0 Å². The summed E-state index contributed by atoms with van der Waals surface area (Å²) in [6.45, 7) is 4.68. The maximum Gasteiger partial charge on any atom is 0.338 e. The van der Waals surface area contributed by atoms with Crippen LogP contribution in [-0.2, 0) is 33.2 Å². The number of rotatable bonds is 9. The fourth-order valence-corrected chi connectivity index (χ4v) is 12.3. The highest BCUT2D eigenvalue weighted by Gasteiger charge is 2.92. The van der Waals surface area contributed by atoms with Crippen LogP contribution in [0, 0.1) is 34.5 Å². The molecule has 12 nitrogen and oxygen atoms in total. The first-order valence-corrected chi connectivity index (χ1v) is 16.3. The van der Waals surface area contributed by atoms with Gasteiger partial charge in [-0.1, -0.05) is 25.1 Å². The number of esters is 2. The lowest BCUT2D eigenvalue weighted by Crippen LogP contribution is -2.81. The molecule has 5 aliphatic carbocycles. The molecule has 1 aromatic rings. The molecular weight excluding hydrogens is 598 g/mol. The normalized spacial score (nSPS) is 49.9. The van der Waals surface area contributed by atoms with Crippen LogP contribution in [0.25, 0.3) is 0 Å². The number of ether oxygens (including phenoxy) is 6. The summed E-state index contributed by atoms with van der Waals surface area (Å²) in [5.41, 5.74) is -4.79. The molecule has 12 heteroatoms. The van der Waals surface area contributed by atoms with Crippen molar-refractivity contribution in [2.75, 3.05) is 48.1 Å². The minimum absolute atomic E-state index is 0.0791. The molecule has 0 aromatic heterocycles. The molecule has 5 saturated carbocycles. The summed E-state index contributed by atoms with van der Waals surface area (Å²) in [7, 11) is 6.27. The van der Waals surface area contributed by atoms with Crippen LogP contribution < -0.4 is 0 Å². The molecule has 7 bridgehead atoms. The number of piperidine rings is 1. The molecule has 1 aromatic carbocycles. The number of hydrogen-bond donors (Lipinski definition) is 3. The summed E-state index contributed by atoms with van der Waals surface area (Å²) in [4.78, 5) is 29.3. The summed E-state index contributed by atoms with van der Waals surface area (Å²) >= 11 is 0. The molecule has 6 fully saturated rings. The van der Waals surface area contributed by atoms with Gasteiger partial charge in [0, 0.05) is 83.0 Å². The molecule has 6 unspecified atom stereocenters. The molecule has 1 spiro atoms. The van der Waals surface area contributed by atoms with Crippen molar-refractivity contribution in [3.05, 3.63) is 35.9 Å². The van der Waals surface area contributed by atoms with Gasteiger partial charge in [-0.2, -0.15) is 0 Å². The summed E-state index contributed by atoms with van der Waals surface area (Å²) in [6, 6.07) is 8.18. The van der Waals surface area contributed by atoms with E-state index in [1.807, 2.05) is 6.92 Å². The Bertz CT molecular complexity index is 1360. The number of aliphatic hydroxyl groups is 3. The Hall–Kier alpha value is -2.16. The lowest BCUT2D eigenvalue weighted by atomic mass is 9.42. The zero-order chi connectivity index (χ0) is 33.0. The van der Waals surface area contributed by atoms with Crippen molar-refractivity contribution in [2.45, 2.75) is 80.6 Å². The van der Waals surface area contributed by atoms with Crippen LogP contribution in [0.3, 0.4) is 0 Å². The van der Waals surface area contributed by atoms with E-state index in [4.69, 9.17) is 28.4 Å². The quantitative estimate of drug-likeness (QED) is 0.323. The number of fused-ring (bicyclic) bond motifs is 2. The number of methoxy groups -OCH3 is 4. The van der Waals surface area contributed by atoms with Crippen molar-refractivity contribution in [3.63, 3.8) is 0 Å². The van der Waals surface area contributed by atoms with Gasteiger partial charge in [-0.15, -0.1) is 0 Å². The molecule has 1 heterocycles. The highest BCUT2D eigenvalue weighted by molar-refractivity contribution is 5.89. The average Bonchev–Trinajstić information content (AvgIpc) is 3.41. The van der Waals surface area contributed by atoms with E-state index in [2.05, 4.69) is 4.90 Å². The number of benzene rings is 1. The topological polar surface area (TPSA) is 153 Å². The first-order chi connectivity index (χ1) is 22.0. The number of hydrogen-bond acceptors (Lipinski definition) is 12. The van der Waals surface area contributed by atoms with Crippen LogP contribution in [0.5, 0.6) is 0 Å². The van der Waals surface area contributed by atoms with E-state index in [0.29, 0.717) is 25.1 Å². The van der Waals surface area contributed by atoms with Crippen molar-refractivity contribution in [3.8, 4) is 0 Å². The lowest BCUT2D eigenvalue weighted by molar-refractivity contribution is -0.322. The van der Waals surface area contributed by atoms with Crippen LogP contribution in [0.15, 0.2) is 30.3 Å². The zero-order valence-corrected chi connectivity index (χ0v) is 27.3. The van der Waals surface area contributed by atoms with Gasteiger partial charge in [-0.3, -0.25) is 9.69 Å². The smallest absolute Gasteiger partial charge is 0.338 e. The summed E-state index contributed by atoms with van der Waals surface area (Å²) in [6.07, 6.45) is -5.49. The molecule has 1 aliphatic heterocycles. The van der Waals surface area contributed by atoms with Crippen LogP contribution in [0.4, 0.5) is 0 Å². The molecule has 6 aliphatic rings. The van der Waals surface area contributed by atoms with Crippen molar-refractivity contribution in [2.24, 2.45) is 34.5 Å². The van der Waals surface area contributed by atoms with Crippen LogP contribution in [0.2, 0.25) is 0 Å². The minimum Gasteiger partial charge on any atom is -0.455 e. The first-order valence-electron chi connectivity index (χ1n) is 16.3. The molecule has 0 radical (unpaired) electrons. The maximum atomic E-state index is 13.8. The molecule has 254 valence electrons. The second kappa shape index (κ2) is 10.9. The van der Waals surface area contributed by atoms with Gasteiger partial charge in [-0.05, 0) is 31.0 Å². The van der Waals surface area contributed by atoms with Gasteiger partial charge in [-0.25, -0.2) is 4.79 Å². The third-order valence-electron chi connectivity index (χ3n) is 13.2. The van der Waals surface area contributed by atoms with Crippen LogP contribution >= 0.6 is 0 Å². The summed E-state index contributed by atoms with van der Waals surface area (Å²) in [5.74, 6) is -3.65. The van der Waals surface area contributed by atoms with Gasteiger partial charge in [0.25, 0.3) is 0 Å². The standard InChI is InChI=1S/C34H47NO11/c1-7-35-15-31(16-41-3)20(37)13-21(42-4)33-19-14-32(40)28(45-30(39)18-11-9-8-10-12-18)22(19)34(46-17(2)36,27(38)29(32)44-6)23(26(33)35)24(43-5)25(31)33/h8-12,19-29,37-38,40H,7,13-16H2,1-6H3/t19?,20?,21?,22?,23-,24-,25+,26-,27?,28-,29+,31?,32-,33+,34-/m1/s1. The maximum absolute atomic E-state index is 13.8. The van der Waals surface area contributed by atoms with Crippen LogP contribution in [0.1, 0.15) is 37.0 Å². The van der Waals surface area contributed by atoms with Crippen LogP contribution in [-0.4, -0.2) is 134 Å². The Morgan fingerprint density at radius 1 is 1.00 bits per heavy atom. The number of likely N-dealkylation sites (tertiary alicyclic amines) is 1. The number of nitrogens with zero attached hydrogens (tertiary/aromatic N) is 1. The van der Waals surface area contributed by atoms with E-state index in [-0.39, 0.29) is 25.0 Å². The Morgan fingerprint density at radius 3 is 2.30 bits per heavy atom. The SMILES string of the molecule is CCN1CC2(COC)C(O)CC(OC)[C@@]34C5C[C@@]6(O)[C@H](OC(=O)c7ccccc7)C5[C@](OC(C)=O)(C(O)[C@@H]6OC)[C@H]([C@@H](OC)[C@@H]23)[C@@H]14. The van der Waals surface area contributed by atoms with Gasteiger partial charge in [0.1, 0.15) is 23.9 Å². The predicted octanol–water partition coefficient (Wildman–Crippen LogP) is 0.648. The number of carbonyl (C=O) groups is 2. The average molecular weight is 646 g/mol. The third-order valence-corrected chi connectivity index (χ3v) is 13.2. The number of aliphatic hydroxyl groups excluding tert-OH is 2. The van der Waals surface area contributed by atoms with Gasteiger partial charge in [0.05, 0.1) is 30.5 Å². The number of carbonyl (C=O) groups excluding carboxylic acids is 2. The molecule has 15 atom stereocenters. The fourth-order valence-electron chi connectivity index (χ4n) is 12.3. The van der Waals surface area contributed by atoms with Crippen molar-refractivity contribution in [1.29, 1.82) is 0 Å². The molecular formula is C34H47NO11. The van der Waals surface area contributed by atoms with Gasteiger partial charge < -0.3 is 43.7 Å². The van der Waals surface area contributed by atoms with E-state index in [1.54, 1.807) is 51.7 Å². The molecule has 1 saturated heterocycles. The summed E-state index contributed by atoms with van der Waals surface area (Å²) < 4.78 is 37.4. The molecule has 0 amide bonds. The van der Waals surface area contributed by atoms with E-state index in [9.17, 15) is 24.9 Å². The van der Waals surface area contributed by atoms with E-state index < -0.39 is 88.3 Å². The van der Waals surface area contributed by atoms with Crippen molar-refractivity contribution in [1.82, 2.24) is 4.90 Å². The first kappa shape index (κ1) is 32.4. The third kappa shape index (κ3) is 3.62. The predicted molar refractivity (Wildman–Crippen MR) is 160 cm³/mol. The zero-order valence-electron chi connectivity index (χ0n) is 27.3. The Labute approximate surface area is 269 Å². The highest BCUT2D eigenvalue weighted by atomic mass is 16.6. The van der Waals surface area contributed by atoms with Gasteiger partial charge in [0.15, 0.2) is 5.60 Å². The van der Waals surface area contributed by atoms with E-state index >= 15 is 0 Å².